The molecule has 16 heteroatoms. The van der Waals surface area contributed by atoms with Gasteiger partial charge in [0.05, 0.1) is 23.8 Å². The monoisotopic (exact) mass is 727 g/mol. The van der Waals surface area contributed by atoms with Crippen LogP contribution < -0.4 is 20.1 Å². The van der Waals surface area contributed by atoms with Crippen molar-refractivity contribution in [2.75, 3.05) is 43.9 Å². The van der Waals surface area contributed by atoms with E-state index in [1.54, 1.807) is 36.8 Å². The highest BCUT2D eigenvalue weighted by atomic mass is 19.4. The molecule has 2 unspecified atom stereocenters. The molecule has 0 radical (unpaired) electrons. The topological polar surface area (TPSA) is 110 Å². The van der Waals surface area contributed by atoms with Gasteiger partial charge in [-0.2, -0.15) is 23.1 Å². The van der Waals surface area contributed by atoms with E-state index in [4.69, 9.17) is 21.6 Å². The number of carbonyl (C=O) groups is 1. The number of hydrogen-bond donors (Lipinski definition) is 1. The maximum atomic E-state index is 17.2. The molecule has 274 valence electrons. The first kappa shape index (κ1) is 35.4. The Morgan fingerprint density at radius 2 is 1.79 bits per heavy atom. The number of hydrogen-bond acceptors (Lipinski definition) is 9. The molecule has 10 nitrogen and oxygen atoms in total. The number of pyridine rings is 1. The Bertz CT molecular complexity index is 2110. The van der Waals surface area contributed by atoms with Gasteiger partial charge in [-0.1, -0.05) is 12.0 Å². The van der Waals surface area contributed by atoms with Gasteiger partial charge in [0.2, 0.25) is 5.88 Å². The van der Waals surface area contributed by atoms with Crippen molar-refractivity contribution in [3.63, 3.8) is 0 Å². The highest BCUT2D eigenvalue weighted by Crippen LogP contribution is 2.44. The number of likely N-dealkylation sites (N-methyl/N-ethyl adjacent to an activating group) is 1. The number of benzene rings is 2. The van der Waals surface area contributed by atoms with Gasteiger partial charge in [0, 0.05) is 42.3 Å². The molecule has 2 bridgehead atoms. The summed E-state index contributed by atoms with van der Waals surface area (Å²) in [6, 6.07) is 3.39. The number of nitrogen functional groups attached to an aromatic ring is 1. The van der Waals surface area contributed by atoms with E-state index in [2.05, 4.69) is 20.9 Å². The van der Waals surface area contributed by atoms with E-state index in [1.165, 1.54) is 18.2 Å². The van der Waals surface area contributed by atoms with Crippen LogP contribution in [0.2, 0.25) is 0 Å². The summed E-state index contributed by atoms with van der Waals surface area (Å²) in [6.07, 6.45) is -0.0869. The number of likely N-dealkylation sites (tertiary alicyclic amines) is 1. The van der Waals surface area contributed by atoms with Crippen LogP contribution in [-0.4, -0.2) is 101 Å². The van der Waals surface area contributed by atoms with Crippen LogP contribution in [0.25, 0.3) is 32.9 Å². The van der Waals surface area contributed by atoms with E-state index in [9.17, 15) is 22.4 Å². The highest BCUT2D eigenvalue weighted by Gasteiger charge is 2.52. The molecule has 0 saturated carbocycles. The SMILES string of the molecule is C#Cc1c(F)ccc2cc(N)cc(-c3nc(OC(C)C)c4c(N5CC6CCC(C5)N6C(=O)C(F)(F)F)nc(OC[C@@H]5C[C@@H](F)CN5C)nc4c3F)c12. The molecule has 1 amide bonds. The molecule has 0 aliphatic carbocycles. The highest BCUT2D eigenvalue weighted by molar-refractivity contribution is 6.04. The number of carbonyl (C=O) groups excluding carboxylic acids is 1. The first-order valence-electron chi connectivity index (χ1n) is 16.8. The molecule has 2 aromatic heterocycles. The number of ether oxygens (including phenoxy) is 2. The third kappa shape index (κ3) is 6.24. The molecule has 2 N–H and O–H groups in total. The van der Waals surface area contributed by atoms with Crippen molar-refractivity contribution < 1.29 is 40.6 Å². The van der Waals surface area contributed by atoms with E-state index in [0.717, 1.165) is 4.90 Å². The van der Waals surface area contributed by atoms with Crippen LogP contribution in [0.15, 0.2) is 24.3 Å². The van der Waals surface area contributed by atoms with Crippen molar-refractivity contribution >= 4 is 39.1 Å². The summed E-state index contributed by atoms with van der Waals surface area (Å²) >= 11 is 0. The largest absolute Gasteiger partial charge is 0.474 e. The molecule has 0 spiro atoms. The van der Waals surface area contributed by atoms with Gasteiger partial charge in [-0.3, -0.25) is 9.69 Å². The molecular weight excluding hydrogens is 692 g/mol. The minimum Gasteiger partial charge on any atom is -0.474 e. The summed E-state index contributed by atoms with van der Waals surface area (Å²) in [7, 11) is 1.74. The van der Waals surface area contributed by atoms with E-state index in [-0.39, 0.29) is 95.2 Å². The molecule has 5 heterocycles. The predicted octanol–water partition coefficient (Wildman–Crippen LogP) is 5.64. The van der Waals surface area contributed by atoms with Crippen molar-refractivity contribution in [3.8, 4) is 35.5 Å². The second-order valence-electron chi connectivity index (χ2n) is 13.8. The van der Waals surface area contributed by atoms with Gasteiger partial charge in [-0.25, -0.2) is 18.2 Å². The lowest BCUT2D eigenvalue weighted by molar-refractivity contribution is -0.188. The number of anilines is 2. The van der Waals surface area contributed by atoms with Crippen molar-refractivity contribution in [1.29, 1.82) is 0 Å². The van der Waals surface area contributed by atoms with Crippen LogP contribution in [-0.2, 0) is 4.79 Å². The van der Waals surface area contributed by atoms with Crippen LogP contribution in [0.4, 0.5) is 37.8 Å². The zero-order valence-electron chi connectivity index (χ0n) is 28.5. The van der Waals surface area contributed by atoms with Gasteiger partial charge in [-0.15, -0.1) is 6.42 Å². The third-order valence-electron chi connectivity index (χ3n) is 9.85. The molecule has 4 aromatic rings. The lowest BCUT2D eigenvalue weighted by Crippen LogP contribution is -2.59. The lowest BCUT2D eigenvalue weighted by atomic mass is 9.95. The molecule has 4 atom stereocenters. The van der Waals surface area contributed by atoms with Crippen LogP contribution >= 0.6 is 0 Å². The quantitative estimate of drug-likeness (QED) is 0.147. The number of terminal acetylenes is 1. The first-order chi connectivity index (χ1) is 24.6. The number of fused-ring (bicyclic) bond motifs is 4. The smallest absolute Gasteiger partial charge is 0.471 e. The molecule has 3 saturated heterocycles. The summed E-state index contributed by atoms with van der Waals surface area (Å²) in [5.74, 6) is -1.32. The van der Waals surface area contributed by atoms with Crippen molar-refractivity contribution in [2.24, 2.45) is 0 Å². The minimum atomic E-state index is -5.05. The fourth-order valence-electron chi connectivity index (χ4n) is 7.61. The Labute approximate surface area is 294 Å². The fraction of sp³-hybridized carbons (Fsp3) is 0.444. The summed E-state index contributed by atoms with van der Waals surface area (Å²) in [5.41, 5.74) is 5.75. The number of aromatic nitrogens is 3. The molecule has 3 aliphatic rings. The zero-order valence-corrected chi connectivity index (χ0v) is 28.5. The number of piperazine rings is 1. The van der Waals surface area contributed by atoms with Gasteiger partial charge in [0.1, 0.15) is 41.0 Å². The summed E-state index contributed by atoms with van der Waals surface area (Å²) in [4.78, 5) is 30.4. The molecule has 3 fully saturated rings. The maximum absolute atomic E-state index is 17.2. The molecule has 7 rings (SSSR count). The minimum absolute atomic E-state index is 0.00988. The van der Waals surface area contributed by atoms with Crippen LogP contribution in [0.5, 0.6) is 11.9 Å². The van der Waals surface area contributed by atoms with E-state index >= 15 is 8.78 Å². The Morgan fingerprint density at radius 3 is 2.40 bits per heavy atom. The third-order valence-corrected chi connectivity index (χ3v) is 9.85. The second kappa shape index (κ2) is 13.2. The fourth-order valence-corrected chi connectivity index (χ4v) is 7.61. The van der Waals surface area contributed by atoms with Gasteiger partial charge in [0.15, 0.2) is 5.82 Å². The van der Waals surface area contributed by atoms with E-state index in [0.29, 0.717) is 18.2 Å². The normalized spacial score (nSPS) is 22.1. The van der Waals surface area contributed by atoms with Gasteiger partial charge < -0.3 is 25.0 Å². The summed E-state index contributed by atoms with van der Waals surface area (Å²) in [5, 5.41) is 0.615. The number of halogens is 6. The molecular formula is C36H35F6N7O3. The summed E-state index contributed by atoms with van der Waals surface area (Å²) in [6.45, 7) is 3.47. The lowest BCUT2D eigenvalue weighted by Gasteiger charge is -2.42. The second-order valence-corrected chi connectivity index (χ2v) is 13.8. The Kier molecular flexibility index (Phi) is 8.96. The Hall–Kier alpha value is -5.04. The van der Waals surface area contributed by atoms with Crippen LogP contribution in [0, 0.1) is 24.0 Å². The first-order valence-corrected chi connectivity index (χ1v) is 16.8. The van der Waals surface area contributed by atoms with E-state index in [1.807, 2.05) is 0 Å². The van der Waals surface area contributed by atoms with Crippen molar-refractivity contribution in [1.82, 2.24) is 24.8 Å². The number of rotatable bonds is 7. The number of alkyl halides is 4. The average Bonchev–Trinajstić information content (AvgIpc) is 3.54. The van der Waals surface area contributed by atoms with Crippen LogP contribution in [0.1, 0.15) is 38.7 Å². The summed E-state index contributed by atoms with van der Waals surface area (Å²) < 4.78 is 99.3. The zero-order chi connectivity index (χ0) is 37.2. The standard InChI is InChI=1S/C36H35F6N7O3/c1-5-24-26(38)9-6-18-10-20(43)12-25(27(18)24)30-29(39)31-28(33(44-30)52-17(2)3)32(46-35(45-31)51-16-23-11-19(37)13-47(23)4)48-14-21-7-8-22(15-48)49(21)34(50)36(40,41)42/h1,6,9-10,12,17,19,21-23H,7-8,11,13-16,43H2,2-4H3/t19-,21?,22?,23+/m1/s1. The van der Waals surface area contributed by atoms with Crippen molar-refractivity contribution in [3.05, 3.63) is 41.5 Å². The molecule has 3 aliphatic heterocycles. The number of amides is 1. The molecule has 2 aromatic carbocycles. The van der Waals surface area contributed by atoms with Gasteiger partial charge in [0.25, 0.3) is 0 Å². The van der Waals surface area contributed by atoms with Crippen LogP contribution in [0.3, 0.4) is 0 Å². The van der Waals surface area contributed by atoms with Crippen molar-refractivity contribution in [2.45, 2.75) is 69.7 Å². The Balaban J connectivity index is 1.43. The van der Waals surface area contributed by atoms with E-state index < -0.39 is 48.1 Å². The maximum Gasteiger partial charge on any atom is 0.471 e. The van der Waals surface area contributed by atoms with Gasteiger partial charge >= 0.3 is 18.1 Å². The van der Waals surface area contributed by atoms with Gasteiger partial charge in [-0.05, 0) is 63.7 Å². The number of nitrogens with two attached hydrogens (primary N) is 1. The molecule has 52 heavy (non-hydrogen) atoms. The average molecular weight is 728 g/mol. The Morgan fingerprint density at radius 1 is 1.08 bits per heavy atom. The predicted molar refractivity (Wildman–Crippen MR) is 182 cm³/mol. The number of nitrogens with zero attached hydrogens (tertiary/aromatic N) is 6.